The molecular formula is C22H20F3N5O2. The fourth-order valence-corrected chi connectivity index (χ4v) is 3.40. The zero-order valence-corrected chi connectivity index (χ0v) is 17.1. The molecular weight excluding hydrogens is 423 g/mol. The van der Waals surface area contributed by atoms with Crippen molar-refractivity contribution < 1.29 is 18.3 Å². The van der Waals surface area contributed by atoms with Crippen molar-refractivity contribution in [2.45, 2.75) is 25.9 Å². The average Bonchev–Trinajstić information content (AvgIpc) is 3.20. The highest BCUT2D eigenvalue weighted by atomic mass is 19.1. The molecule has 7 nitrogen and oxygen atoms in total. The standard InChI is InChI=1S/C22H20F3N5O2/c1-2-13(12-31)28-21-8-20(18(25)10-26-21)29-7-6-19-14(22(29)32)9-27-30(19)11-15-16(23)4-3-5-17(15)24/h3-10,13,31H,2,11-12H2,1H3,(H,26,28)/t13-/m0/s1. The summed E-state index contributed by atoms with van der Waals surface area (Å²) in [6.07, 6.45) is 4.26. The molecule has 0 aliphatic carbocycles. The third-order valence-electron chi connectivity index (χ3n) is 5.24. The molecule has 0 unspecified atom stereocenters. The summed E-state index contributed by atoms with van der Waals surface area (Å²) in [5.41, 5.74) is -0.400. The SMILES string of the molecule is CC[C@@H](CO)Nc1cc(-n2ccc3c(cnn3Cc3c(F)cccc3F)c2=O)c(F)cn1. The number of fused-ring (bicyclic) bond motifs is 1. The second-order valence-corrected chi connectivity index (χ2v) is 7.25. The Morgan fingerprint density at radius 3 is 2.56 bits per heavy atom. The van der Waals surface area contributed by atoms with Gasteiger partial charge in [0.05, 0.1) is 48.2 Å². The van der Waals surface area contributed by atoms with Gasteiger partial charge >= 0.3 is 0 Å². The minimum absolute atomic E-state index is 0.0323. The first-order valence-corrected chi connectivity index (χ1v) is 9.96. The maximum absolute atomic E-state index is 14.5. The number of aliphatic hydroxyl groups is 1. The van der Waals surface area contributed by atoms with E-state index in [1.54, 1.807) is 0 Å². The Morgan fingerprint density at radius 2 is 1.88 bits per heavy atom. The number of aromatic nitrogens is 4. The molecule has 0 aliphatic heterocycles. The second kappa shape index (κ2) is 8.83. The number of halogens is 3. The van der Waals surface area contributed by atoms with Crippen LogP contribution in [0, 0.1) is 17.5 Å². The molecule has 0 amide bonds. The normalized spacial score (nSPS) is 12.3. The molecule has 3 aromatic heterocycles. The highest BCUT2D eigenvalue weighted by Crippen LogP contribution is 2.20. The van der Waals surface area contributed by atoms with Crippen LogP contribution >= 0.6 is 0 Å². The number of benzene rings is 1. The monoisotopic (exact) mass is 443 g/mol. The molecule has 4 aromatic rings. The Kier molecular flexibility index (Phi) is 5.95. The maximum atomic E-state index is 14.5. The van der Waals surface area contributed by atoms with Crippen molar-refractivity contribution in [3.63, 3.8) is 0 Å². The molecule has 10 heteroatoms. The lowest BCUT2D eigenvalue weighted by Crippen LogP contribution is -2.24. The largest absolute Gasteiger partial charge is 0.394 e. The van der Waals surface area contributed by atoms with Gasteiger partial charge in [0, 0.05) is 17.8 Å². The summed E-state index contributed by atoms with van der Waals surface area (Å²) >= 11 is 0. The van der Waals surface area contributed by atoms with E-state index in [4.69, 9.17) is 0 Å². The Bertz CT molecular complexity index is 1310. The molecule has 0 radical (unpaired) electrons. The molecule has 1 aromatic carbocycles. The van der Waals surface area contributed by atoms with Crippen molar-refractivity contribution in [1.82, 2.24) is 19.3 Å². The van der Waals surface area contributed by atoms with E-state index in [0.29, 0.717) is 17.8 Å². The number of pyridine rings is 2. The molecule has 0 aliphatic rings. The van der Waals surface area contributed by atoms with Crippen molar-refractivity contribution in [2.75, 3.05) is 11.9 Å². The zero-order valence-electron chi connectivity index (χ0n) is 17.1. The Hall–Kier alpha value is -3.66. The average molecular weight is 443 g/mol. The fraction of sp³-hybridized carbons (Fsp3) is 0.227. The molecule has 0 bridgehead atoms. The van der Waals surface area contributed by atoms with Gasteiger partial charge in [0.25, 0.3) is 5.56 Å². The van der Waals surface area contributed by atoms with Crippen molar-refractivity contribution >= 4 is 16.7 Å². The minimum Gasteiger partial charge on any atom is -0.394 e. The molecule has 1 atom stereocenters. The van der Waals surface area contributed by atoms with E-state index in [1.165, 1.54) is 35.3 Å². The van der Waals surface area contributed by atoms with Crippen LogP contribution in [0.4, 0.5) is 19.0 Å². The highest BCUT2D eigenvalue weighted by molar-refractivity contribution is 5.78. The van der Waals surface area contributed by atoms with E-state index < -0.39 is 23.0 Å². The van der Waals surface area contributed by atoms with E-state index in [1.807, 2.05) is 6.92 Å². The van der Waals surface area contributed by atoms with E-state index >= 15 is 0 Å². The molecule has 0 saturated carbocycles. The van der Waals surface area contributed by atoms with E-state index in [-0.39, 0.29) is 35.8 Å². The number of nitrogens with zero attached hydrogens (tertiary/aromatic N) is 4. The number of anilines is 1. The van der Waals surface area contributed by atoms with E-state index in [0.717, 1.165) is 22.9 Å². The summed E-state index contributed by atoms with van der Waals surface area (Å²) in [4.78, 5) is 17.0. The van der Waals surface area contributed by atoms with E-state index in [2.05, 4.69) is 15.4 Å². The van der Waals surface area contributed by atoms with Gasteiger partial charge in [0.15, 0.2) is 5.82 Å². The van der Waals surface area contributed by atoms with Crippen LogP contribution in [-0.4, -0.2) is 37.1 Å². The van der Waals surface area contributed by atoms with Crippen LogP contribution in [0.1, 0.15) is 18.9 Å². The Balaban J connectivity index is 1.74. The van der Waals surface area contributed by atoms with Crippen LogP contribution in [0.15, 0.2) is 53.7 Å². The van der Waals surface area contributed by atoms with Gasteiger partial charge in [0.1, 0.15) is 17.5 Å². The lowest BCUT2D eigenvalue weighted by molar-refractivity contribution is 0.271. The molecule has 4 rings (SSSR count). The van der Waals surface area contributed by atoms with Crippen LogP contribution in [0.3, 0.4) is 0 Å². The maximum Gasteiger partial charge on any atom is 0.266 e. The van der Waals surface area contributed by atoms with Gasteiger partial charge in [0.2, 0.25) is 0 Å². The second-order valence-electron chi connectivity index (χ2n) is 7.25. The summed E-state index contributed by atoms with van der Waals surface area (Å²) in [6.45, 7) is 1.54. The molecule has 2 N–H and O–H groups in total. The summed E-state index contributed by atoms with van der Waals surface area (Å²) in [5.74, 6) is -1.84. The predicted molar refractivity (Wildman–Crippen MR) is 113 cm³/mol. The smallest absolute Gasteiger partial charge is 0.266 e. The first-order chi connectivity index (χ1) is 15.4. The topological polar surface area (TPSA) is 85.0 Å². The van der Waals surface area contributed by atoms with Gasteiger partial charge in [-0.25, -0.2) is 18.2 Å². The lowest BCUT2D eigenvalue weighted by Gasteiger charge is -2.16. The van der Waals surface area contributed by atoms with Gasteiger partial charge in [-0.2, -0.15) is 5.10 Å². The third-order valence-corrected chi connectivity index (χ3v) is 5.24. The van der Waals surface area contributed by atoms with Gasteiger partial charge < -0.3 is 10.4 Å². The van der Waals surface area contributed by atoms with Gasteiger partial charge in [-0.15, -0.1) is 0 Å². The number of nitrogens with one attached hydrogen (secondary N) is 1. The molecule has 0 fully saturated rings. The van der Waals surface area contributed by atoms with Crippen molar-refractivity contribution in [1.29, 1.82) is 0 Å². The summed E-state index contributed by atoms with van der Waals surface area (Å²) < 4.78 is 45.0. The van der Waals surface area contributed by atoms with Gasteiger partial charge in [-0.3, -0.25) is 14.0 Å². The molecule has 166 valence electrons. The Morgan fingerprint density at radius 1 is 1.12 bits per heavy atom. The van der Waals surface area contributed by atoms with Crippen molar-refractivity contribution in [3.8, 4) is 5.69 Å². The molecule has 0 saturated heterocycles. The molecule has 32 heavy (non-hydrogen) atoms. The van der Waals surface area contributed by atoms with Crippen LogP contribution in [-0.2, 0) is 6.54 Å². The zero-order chi connectivity index (χ0) is 22.8. The lowest BCUT2D eigenvalue weighted by atomic mass is 10.2. The van der Waals surface area contributed by atoms with E-state index in [9.17, 15) is 23.1 Å². The summed E-state index contributed by atoms with van der Waals surface area (Å²) in [5, 5.41) is 16.6. The first kappa shape index (κ1) is 21.6. The molecule has 0 spiro atoms. The van der Waals surface area contributed by atoms with Crippen molar-refractivity contribution in [3.05, 3.63) is 82.3 Å². The molecule has 3 heterocycles. The van der Waals surface area contributed by atoms with Crippen LogP contribution in [0.25, 0.3) is 16.6 Å². The Labute approximate surface area is 180 Å². The quantitative estimate of drug-likeness (QED) is 0.458. The number of rotatable bonds is 7. The summed E-state index contributed by atoms with van der Waals surface area (Å²) in [7, 11) is 0. The minimum atomic E-state index is -0.714. The highest BCUT2D eigenvalue weighted by Gasteiger charge is 2.16. The third kappa shape index (κ3) is 3.96. The van der Waals surface area contributed by atoms with Gasteiger partial charge in [-0.1, -0.05) is 13.0 Å². The predicted octanol–water partition coefficient (Wildman–Crippen LogP) is 3.23. The number of hydrogen-bond donors (Lipinski definition) is 2. The number of hydrogen-bond acceptors (Lipinski definition) is 5. The van der Waals surface area contributed by atoms with Crippen LogP contribution in [0.2, 0.25) is 0 Å². The van der Waals surface area contributed by atoms with Crippen LogP contribution < -0.4 is 10.9 Å². The van der Waals surface area contributed by atoms with Gasteiger partial charge in [-0.05, 0) is 24.6 Å². The first-order valence-electron chi connectivity index (χ1n) is 9.96. The van der Waals surface area contributed by atoms with Crippen LogP contribution in [0.5, 0.6) is 0 Å². The summed E-state index contributed by atoms with van der Waals surface area (Å²) in [6, 6.07) is 6.20. The van der Waals surface area contributed by atoms with Crippen molar-refractivity contribution in [2.24, 2.45) is 0 Å². The number of aliphatic hydroxyl groups excluding tert-OH is 1. The fourth-order valence-electron chi connectivity index (χ4n) is 3.40.